The number of aromatic nitrogens is 1. The molecule has 3 heterocycles. The minimum atomic E-state index is -0.716. The second-order valence-corrected chi connectivity index (χ2v) is 5.55. The number of hydrogen-bond acceptors (Lipinski definition) is 3. The van der Waals surface area contributed by atoms with Crippen molar-refractivity contribution in [3.05, 3.63) is 76.9 Å². The van der Waals surface area contributed by atoms with Crippen LogP contribution in [0.15, 0.2) is 65.8 Å². The van der Waals surface area contributed by atoms with Crippen LogP contribution in [0, 0.1) is 0 Å². The number of para-hydroxylation sites is 1. The van der Waals surface area contributed by atoms with Crippen LogP contribution in [0.4, 0.5) is 0 Å². The number of pyridine rings is 1. The van der Waals surface area contributed by atoms with Crippen molar-refractivity contribution in [1.82, 2.24) is 4.98 Å². The van der Waals surface area contributed by atoms with Gasteiger partial charge in [0.2, 0.25) is 5.72 Å². The Hall–Kier alpha value is -2.94. The Labute approximate surface area is 126 Å². The van der Waals surface area contributed by atoms with Crippen LogP contribution >= 0.6 is 0 Å². The summed E-state index contributed by atoms with van der Waals surface area (Å²) in [6.07, 6.45) is 7.98. The van der Waals surface area contributed by atoms with E-state index in [0.29, 0.717) is 0 Å². The van der Waals surface area contributed by atoms with Crippen LogP contribution in [0.25, 0.3) is 23.1 Å². The lowest BCUT2D eigenvalue weighted by atomic mass is 10.0. The van der Waals surface area contributed by atoms with Gasteiger partial charge in [-0.15, -0.1) is 0 Å². The van der Waals surface area contributed by atoms with Gasteiger partial charge in [0.15, 0.2) is 0 Å². The Kier molecular flexibility index (Phi) is 2.15. The third kappa shape index (κ3) is 1.56. The van der Waals surface area contributed by atoms with Gasteiger partial charge in [-0.3, -0.25) is 4.98 Å². The van der Waals surface area contributed by atoms with Crippen molar-refractivity contribution in [1.29, 1.82) is 0 Å². The van der Waals surface area contributed by atoms with Gasteiger partial charge in [-0.2, -0.15) is 0 Å². The van der Waals surface area contributed by atoms with E-state index >= 15 is 0 Å². The van der Waals surface area contributed by atoms with Crippen LogP contribution in [-0.2, 0) is 0 Å². The molecule has 2 aliphatic heterocycles. The molecule has 0 aliphatic carbocycles. The van der Waals surface area contributed by atoms with Crippen molar-refractivity contribution in [2.45, 2.75) is 5.72 Å². The molecule has 0 amide bonds. The van der Waals surface area contributed by atoms with E-state index < -0.39 is 5.72 Å². The summed E-state index contributed by atoms with van der Waals surface area (Å²) in [5.41, 5.74) is 1.32. The van der Waals surface area contributed by atoms with E-state index in [1.54, 1.807) is 6.20 Å². The standard InChI is InChI=1S/C19H12N2O/c1-2-6-16-13(4-1)12-19(21-16)10-9-15-14-5-3-11-20-17(14)7-8-18(15)22-19/h1-12H. The highest BCUT2D eigenvalue weighted by molar-refractivity contribution is 5.91. The molecule has 0 saturated carbocycles. The van der Waals surface area contributed by atoms with Crippen LogP contribution in [0.3, 0.4) is 0 Å². The first kappa shape index (κ1) is 11.7. The highest BCUT2D eigenvalue weighted by atomic mass is 16.5. The molecule has 22 heavy (non-hydrogen) atoms. The molecule has 0 radical (unpaired) electrons. The summed E-state index contributed by atoms with van der Waals surface area (Å²) < 4.78 is 6.23. The van der Waals surface area contributed by atoms with Gasteiger partial charge in [-0.25, -0.2) is 4.99 Å². The number of ether oxygens (including phenoxy) is 1. The van der Waals surface area contributed by atoms with Gasteiger partial charge < -0.3 is 4.74 Å². The average Bonchev–Trinajstić information content (AvgIpc) is 2.91. The van der Waals surface area contributed by atoms with E-state index in [1.165, 1.54) is 0 Å². The first-order chi connectivity index (χ1) is 10.8. The Bertz CT molecular complexity index is 1030. The maximum atomic E-state index is 6.23. The summed E-state index contributed by atoms with van der Waals surface area (Å²) in [6, 6.07) is 16.1. The highest BCUT2D eigenvalue weighted by Crippen LogP contribution is 2.37. The molecule has 104 valence electrons. The Morgan fingerprint density at radius 1 is 0.955 bits per heavy atom. The number of benzene rings is 2. The smallest absolute Gasteiger partial charge is 0.240 e. The molecule has 2 aliphatic rings. The minimum Gasteiger partial charge on any atom is -0.458 e. The first-order valence-corrected chi connectivity index (χ1v) is 7.27. The lowest BCUT2D eigenvalue weighted by Crippen LogP contribution is -2.29. The fourth-order valence-corrected chi connectivity index (χ4v) is 3.12. The van der Waals surface area contributed by atoms with E-state index in [-0.39, 0.29) is 0 Å². The number of hydrogen-bond donors (Lipinski definition) is 0. The molecule has 1 spiro atoms. The second-order valence-electron chi connectivity index (χ2n) is 5.55. The maximum absolute atomic E-state index is 6.23. The zero-order valence-corrected chi connectivity index (χ0v) is 11.7. The van der Waals surface area contributed by atoms with Crippen molar-refractivity contribution in [2.75, 3.05) is 0 Å². The van der Waals surface area contributed by atoms with Crippen molar-refractivity contribution in [2.24, 2.45) is 4.99 Å². The summed E-state index contributed by atoms with van der Waals surface area (Å²) in [5.74, 6) is 0.843. The lowest BCUT2D eigenvalue weighted by molar-refractivity contribution is 0.194. The van der Waals surface area contributed by atoms with Crippen molar-refractivity contribution < 1.29 is 4.74 Å². The molecule has 0 fully saturated rings. The first-order valence-electron chi connectivity index (χ1n) is 7.27. The molecule has 0 N–H and O–H groups in total. The lowest BCUT2D eigenvalue weighted by Gasteiger charge is -2.27. The Morgan fingerprint density at radius 3 is 2.86 bits per heavy atom. The summed E-state index contributed by atoms with van der Waals surface area (Å²) in [7, 11) is 0. The number of nitrogens with zero attached hydrogens (tertiary/aromatic N) is 2. The molecule has 1 atom stereocenters. The molecule has 3 nitrogen and oxygen atoms in total. The predicted octanol–water partition coefficient (Wildman–Crippen LogP) is 2.45. The van der Waals surface area contributed by atoms with E-state index in [4.69, 9.17) is 9.73 Å². The van der Waals surface area contributed by atoms with Gasteiger partial charge in [-0.05, 0) is 42.5 Å². The fraction of sp³-hybridized carbons (Fsp3) is 0.0526. The molecule has 0 bridgehead atoms. The van der Waals surface area contributed by atoms with E-state index in [1.807, 2.05) is 42.5 Å². The van der Waals surface area contributed by atoms with Gasteiger partial charge in [0, 0.05) is 22.4 Å². The van der Waals surface area contributed by atoms with E-state index in [2.05, 4.69) is 29.3 Å². The summed E-state index contributed by atoms with van der Waals surface area (Å²) in [5, 5.41) is 3.18. The predicted molar refractivity (Wildman–Crippen MR) is 85.8 cm³/mol. The quantitative estimate of drug-likeness (QED) is 0.635. The molecular weight excluding hydrogens is 272 g/mol. The topological polar surface area (TPSA) is 34.5 Å². The maximum Gasteiger partial charge on any atom is 0.240 e. The van der Waals surface area contributed by atoms with Gasteiger partial charge >= 0.3 is 0 Å². The molecular formula is C19H12N2O. The third-order valence-electron chi connectivity index (χ3n) is 4.14. The Balaban J connectivity index is 1.71. The highest BCUT2D eigenvalue weighted by Gasteiger charge is 2.32. The molecule has 1 unspecified atom stereocenters. The summed E-state index contributed by atoms with van der Waals surface area (Å²) >= 11 is 0. The number of fused-ring (bicyclic) bond motifs is 4. The molecule has 5 rings (SSSR count). The van der Waals surface area contributed by atoms with Gasteiger partial charge in [0.1, 0.15) is 5.75 Å². The molecule has 3 heteroatoms. The SMILES string of the molecule is C1=CC2(C=c3ccccc3=N2)Oc2ccc3ncccc3c21. The largest absolute Gasteiger partial charge is 0.458 e. The normalized spacial score (nSPS) is 20.9. The molecule has 2 aromatic carbocycles. The fourth-order valence-electron chi connectivity index (χ4n) is 3.12. The van der Waals surface area contributed by atoms with E-state index in [9.17, 15) is 0 Å². The molecule has 0 saturated heterocycles. The van der Waals surface area contributed by atoms with E-state index in [0.717, 1.165) is 32.8 Å². The Morgan fingerprint density at radius 2 is 1.91 bits per heavy atom. The zero-order valence-electron chi connectivity index (χ0n) is 11.7. The monoisotopic (exact) mass is 284 g/mol. The van der Waals surface area contributed by atoms with Crippen LogP contribution in [-0.4, -0.2) is 10.7 Å². The average molecular weight is 284 g/mol. The molecule has 1 aromatic heterocycles. The summed E-state index contributed by atoms with van der Waals surface area (Å²) in [4.78, 5) is 9.13. The van der Waals surface area contributed by atoms with Crippen LogP contribution in [0.1, 0.15) is 5.56 Å². The van der Waals surface area contributed by atoms with Gasteiger partial charge in [0.25, 0.3) is 0 Å². The second kappa shape index (κ2) is 4.04. The van der Waals surface area contributed by atoms with Crippen LogP contribution < -0.4 is 15.3 Å². The third-order valence-corrected chi connectivity index (χ3v) is 4.14. The van der Waals surface area contributed by atoms with Gasteiger partial charge in [-0.1, -0.05) is 24.3 Å². The number of rotatable bonds is 0. The van der Waals surface area contributed by atoms with Crippen molar-refractivity contribution in [3.63, 3.8) is 0 Å². The van der Waals surface area contributed by atoms with Crippen LogP contribution in [0.2, 0.25) is 0 Å². The molecule has 3 aromatic rings. The summed E-state index contributed by atoms with van der Waals surface area (Å²) in [6.45, 7) is 0. The van der Waals surface area contributed by atoms with Gasteiger partial charge in [0.05, 0.1) is 10.9 Å². The van der Waals surface area contributed by atoms with Crippen LogP contribution in [0.5, 0.6) is 5.75 Å². The zero-order chi connectivity index (χ0) is 14.6. The van der Waals surface area contributed by atoms with Crippen molar-refractivity contribution >= 4 is 23.1 Å². The minimum absolute atomic E-state index is 0.716. The van der Waals surface area contributed by atoms with Crippen molar-refractivity contribution in [3.8, 4) is 5.75 Å².